The topological polar surface area (TPSA) is 70.8 Å². The van der Waals surface area contributed by atoms with E-state index in [-0.39, 0.29) is 11.3 Å². The first-order valence-corrected chi connectivity index (χ1v) is 10.7. The fourth-order valence-electron chi connectivity index (χ4n) is 3.88. The Kier molecular flexibility index (Phi) is 5.35. The summed E-state index contributed by atoms with van der Waals surface area (Å²) in [5.74, 6) is -0.573. The summed E-state index contributed by atoms with van der Waals surface area (Å²) >= 11 is 3.45. The molecule has 1 fully saturated rings. The van der Waals surface area contributed by atoms with Crippen LogP contribution in [-0.2, 0) is 9.59 Å². The molecule has 3 aromatic rings. The van der Waals surface area contributed by atoms with Crippen molar-refractivity contribution < 1.29 is 19.1 Å². The minimum Gasteiger partial charge on any atom is -0.507 e. The van der Waals surface area contributed by atoms with Crippen molar-refractivity contribution >= 4 is 39.1 Å². The highest BCUT2D eigenvalue weighted by molar-refractivity contribution is 9.10. The number of hydrogen-bond donors (Lipinski definition) is 1. The first-order chi connectivity index (χ1) is 14.7. The normalized spacial score (nSPS) is 18.1. The van der Waals surface area contributed by atoms with Crippen LogP contribution >= 0.6 is 15.9 Å². The van der Waals surface area contributed by atoms with Crippen LogP contribution in [-0.4, -0.2) is 16.8 Å². The number of anilines is 1. The van der Waals surface area contributed by atoms with Gasteiger partial charge in [-0.3, -0.25) is 14.5 Å². The molecule has 0 aliphatic carbocycles. The minimum absolute atomic E-state index is 0.0157. The summed E-state index contributed by atoms with van der Waals surface area (Å²) in [6, 6.07) is 13.7. The van der Waals surface area contributed by atoms with Crippen LogP contribution in [0.3, 0.4) is 0 Å². The van der Waals surface area contributed by atoms with E-state index in [1.807, 2.05) is 39.0 Å². The molecule has 0 radical (unpaired) electrons. The van der Waals surface area contributed by atoms with Gasteiger partial charge in [0.25, 0.3) is 11.7 Å². The number of benzene rings is 2. The van der Waals surface area contributed by atoms with E-state index < -0.39 is 17.7 Å². The van der Waals surface area contributed by atoms with Crippen LogP contribution in [0.25, 0.3) is 5.76 Å². The lowest BCUT2D eigenvalue weighted by molar-refractivity contribution is -0.132. The molecule has 31 heavy (non-hydrogen) atoms. The van der Waals surface area contributed by atoms with Gasteiger partial charge in [-0.05, 0) is 74.7 Å². The Morgan fingerprint density at radius 2 is 1.71 bits per heavy atom. The van der Waals surface area contributed by atoms with Gasteiger partial charge in [0.1, 0.15) is 23.3 Å². The molecular formula is C25H22BrNO4. The second kappa shape index (κ2) is 7.85. The number of carbonyl (C=O) groups is 2. The number of aliphatic hydroxyl groups excluding tert-OH is 1. The number of rotatable bonds is 3. The molecule has 5 nitrogen and oxygen atoms in total. The quantitative estimate of drug-likeness (QED) is 0.288. The Morgan fingerprint density at radius 1 is 0.968 bits per heavy atom. The van der Waals surface area contributed by atoms with Gasteiger partial charge in [0.05, 0.1) is 5.57 Å². The highest BCUT2D eigenvalue weighted by atomic mass is 79.9. The van der Waals surface area contributed by atoms with E-state index in [1.165, 1.54) is 4.90 Å². The average molecular weight is 480 g/mol. The molecule has 1 aromatic heterocycles. The van der Waals surface area contributed by atoms with Crippen LogP contribution in [0.4, 0.5) is 5.69 Å². The van der Waals surface area contributed by atoms with Crippen molar-refractivity contribution in [3.63, 3.8) is 0 Å². The summed E-state index contributed by atoms with van der Waals surface area (Å²) in [6.45, 7) is 7.50. The van der Waals surface area contributed by atoms with E-state index in [2.05, 4.69) is 15.9 Å². The highest BCUT2D eigenvalue weighted by Gasteiger charge is 2.48. The number of aliphatic hydroxyl groups is 1. The third-order valence-electron chi connectivity index (χ3n) is 5.53. The van der Waals surface area contributed by atoms with Crippen LogP contribution in [0.2, 0.25) is 0 Å². The van der Waals surface area contributed by atoms with Gasteiger partial charge in [-0.2, -0.15) is 0 Å². The Bertz CT molecular complexity index is 1250. The van der Waals surface area contributed by atoms with E-state index in [9.17, 15) is 14.7 Å². The van der Waals surface area contributed by atoms with E-state index >= 15 is 0 Å². The van der Waals surface area contributed by atoms with Crippen LogP contribution in [0.5, 0.6) is 0 Å². The van der Waals surface area contributed by atoms with Gasteiger partial charge in [0.2, 0.25) is 0 Å². The predicted octanol–water partition coefficient (Wildman–Crippen LogP) is 5.90. The summed E-state index contributed by atoms with van der Waals surface area (Å²) in [5, 5.41) is 11.2. The zero-order valence-corrected chi connectivity index (χ0v) is 19.3. The minimum atomic E-state index is -0.863. The number of aryl methyl sites for hydroxylation is 4. The molecule has 1 aliphatic rings. The molecule has 1 atom stereocenters. The zero-order valence-electron chi connectivity index (χ0n) is 17.7. The molecule has 2 aromatic carbocycles. The number of carbonyl (C=O) groups excluding carboxylic acids is 2. The zero-order chi connectivity index (χ0) is 22.4. The number of halogens is 1. The SMILES string of the molecule is Cc1ccc(C)c(N2C(=O)C(=O)/C(=C(\O)c3ccc(Br)c(C)c3)C2c2ccc(C)o2)c1. The molecule has 0 bridgehead atoms. The molecule has 1 N–H and O–H groups in total. The van der Waals surface area contributed by atoms with E-state index in [0.717, 1.165) is 21.2 Å². The Hall–Kier alpha value is -3.12. The number of hydrogen-bond acceptors (Lipinski definition) is 4. The maximum absolute atomic E-state index is 13.2. The summed E-state index contributed by atoms with van der Waals surface area (Å²) in [7, 11) is 0. The third kappa shape index (κ3) is 3.61. The first-order valence-electron chi connectivity index (χ1n) is 9.90. The molecule has 2 heterocycles. The standard InChI is InChI=1S/C25H22BrNO4/c1-13-5-6-14(2)19(11-13)27-22(20-10-7-16(4)31-20)21(24(29)25(27)30)23(28)17-8-9-18(26)15(3)12-17/h5-12,22,28H,1-4H3/b23-21-. The largest absolute Gasteiger partial charge is 0.507 e. The molecule has 4 rings (SSSR count). The lowest BCUT2D eigenvalue weighted by Gasteiger charge is -2.25. The number of amides is 1. The van der Waals surface area contributed by atoms with Crippen molar-refractivity contribution in [1.29, 1.82) is 0 Å². The summed E-state index contributed by atoms with van der Waals surface area (Å²) in [4.78, 5) is 27.8. The molecule has 6 heteroatoms. The Labute approximate surface area is 189 Å². The highest BCUT2D eigenvalue weighted by Crippen LogP contribution is 2.43. The Morgan fingerprint density at radius 3 is 2.35 bits per heavy atom. The van der Waals surface area contributed by atoms with Crippen molar-refractivity contribution in [2.24, 2.45) is 0 Å². The molecule has 1 unspecified atom stereocenters. The van der Waals surface area contributed by atoms with Crippen LogP contribution in [0.1, 0.15) is 39.8 Å². The molecule has 0 spiro atoms. The third-order valence-corrected chi connectivity index (χ3v) is 6.42. The monoisotopic (exact) mass is 479 g/mol. The lowest BCUT2D eigenvalue weighted by Crippen LogP contribution is -2.30. The molecule has 0 saturated carbocycles. The average Bonchev–Trinajstić information content (AvgIpc) is 3.27. The first kappa shape index (κ1) is 21.1. The summed E-state index contributed by atoms with van der Waals surface area (Å²) in [5.41, 5.74) is 3.81. The van der Waals surface area contributed by atoms with Crippen molar-refractivity contribution in [2.75, 3.05) is 4.90 Å². The Balaban J connectivity index is 1.98. The molecular weight excluding hydrogens is 458 g/mol. The lowest BCUT2D eigenvalue weighted by atomic mass is 9.98. The second-order valence-electron chi connectivity index (χ2n) is 7.87. The van der Waals surface area contributed by atoms with Gasteiger partial charge < -0.3 is 9.52 Å². The van der Waals surface area contributed by atoms with E-state index in [4.69, 9.17) is 4.42 Å². The van der Waals surface area contributed by atoms with E-state index in [1.54, 1.807) is 37.3 Å². The van der Waals surface area contributed by atoms with Crippen LogP contribution < -0.4 is 4.90 Å². The molecule has 1 amide bonds. The molecule has 158 valence electrons. The van der Waals surface area contributed by atoms with Gasteiger partial charge >= 0.3 is 0 Å². The van der Waals surface area contributed by atoms with Crippen molar-refractivity contribution in [3.05, 3.63) is 92.4 Å². The van der Waals surface area contributed by atoms with Crippen molar-refractivity contribution in [2.45, 2.75) is 33.7 Å². The smallest absolute Gasteiger partial charge is 0.300 e. The second-order valence-corrected chi connectivity index (χ2v) is 8.73. The number of nitrogens with zero attached hydrogens (tertiary/aromatic N) is 1. The van der Waals surface area contributed by atoms with Gasteiger partial charge in [0.15, 0.2) is 0 Å². The van der Waals surface area contributed by atoms with E-state index in [0.29, 0.717) is 22.8 Å². The van der Waals surface area contributed by atoms with Crippen molar-refractivity contribution in [3.8, 4) is 0 Å². The maximum atomic E-state index is 13.2. The van der Waals surface area contributed by atoms with Gasteiger partial charge in [-0.25, -0.2) is 0 Å². The predicted molar refractivity (Wildman–Crippen MR) is 123 cm³/mol. The number of furan rings is 1. The van der Waals surface area contributed by atoms with Gasteiger partial charge in [-0.1, -0.05) is 34.1 Å². The summed E-state index contributed by atoms with van der Waals surface area (Å²) < 4.78 is 6.73. The fraction of sp³-hybridized carbons (Fsp3) is 0.200. The van der Waals surface area contributed by atoms with Gasteiger partial charge in [0, 0.05) is 15.7 Å². The number of ketones is 1. The summed E-state index contributed by atoms with van der Waals surface area (Å²) in [6.07, 6.45) is 0. The van der Waals surface area contributed by atoms with Gasteiger partial charge in [-0.15, -0.1) is 0 Å². The van der Waals surface area contributed by atoms with Crippen LogP contribution in [0, 0.1) is 27.7 Å². The maximum Gasteiger partial charge on any atom is 0.300 e. The van der Waals surface area contributed by atoms with Crippen molar-refractivity contribution in [1.82, 2.24) is 0 Å². The number of Topliss-reactive ketones (excluding diaryl/α,β-unsaturated/α-hetero) is 1. The molecule has 1 aliphatic heterocycles. The fourth-order valence-corrected chi connectivity index (χ4v) is 4.12. The molecule has 1 saturated heterocycles. The van der Waals surface area contributed by atoms with Crippen LogP contribution in [0.15, 0.2) is 63.0 Å².